The summed E-state index contributed by atoms with van der Waals surface area (Å²) in [5.41, 5.74) is 1.95. The largest absolute Gasteiger partial charge is 0.443 e. The maximum atomic E-state index is 14.0. The number of aromatic nitrogens is 2. The minimum absolute atomic E-state index is 0.00759. The van der Waals surface area contributed by atoms with E-state index in [4.69, 9.17) is 10.5 Å². The third kappa shape index (κ3) is 5.22. The first kappa shape index (κ1) is 26.0. The highest BCUT2D eigenvalue weighted by atomic mass is 19.4. The number of primary amides is 1. The summed E-state index contributed by atoms with van der Waals surface area (Å²) >= 11 is 0. The van der Waals surface area contributed by atoms with E-state index in [2.05, 4.69) is 15.7 Å². The van der Waals surface area contributed by atoms with Gasteiger partial charge < -0.3 is 21.1 Å². The predicted molar refractivity (Wildman–Crippen MR) is 123 cm³/mol. The Hall–Kier alpha value is -3.05. The number of hydrogen-bond acceptors (Lipinski definition) is 5. The van der Waals surface area contributed by atoms with Crippen molar-refractivity contribution < 1.29 is 32.3 Å². The fraction of sp³-hybridized carbons (Fsp3) is 0.667. The smallest absolute Gasteiger partial charge is 0.434 e. The van der Waals surface area contributed by atoms with Gasteiger partial charge in [-0.2, -0.15) is 18.3 Å². The minimum Gasteiger partial charge on any atom is -0.443 e. The highest BCUT2D eigenvalue weighted by Gasteiger charge is 2.57. The SMILES string of the molecule is CCC(=O)NC(C)(C)/C=C/n1ncc(C(=O)N[C@H]2C3CC4CC2C[C@](OC(N)=O)(C4)C3)c1C(F)(F)F. The topological polar surface area (TPSA) is 128 Å². The zero-order chi connectivity index (χ0) is 26.5. The molecule has 1 aromatic rings. The normalized spacial score (nSPS) is 29.4. The average molecular weight is 512 g/mol. The van der Waals surface area contributed by atoms with Gasteiger partial charge in [-0.1, -0.05) is 6.92 Å². The number of alkyl halides is 3. The van der Waals surface area contributed by atoms with Crippen molar-refractivity contribution in [1.29, 1.82) is 0 Å². The Morgan fingerprint density at radius 2 is 1.86 bits per heavy atom. The van der Waals surface area contributed by atoms with Gasteiger partial charge in [-0.05, 0) is 69.8 Å². The van der Waals surface area contributed by atoms with E-state index in [1.54, 1.807) is 20.8 Å². The van der Waals surface area contributed by atoms with Crippen molar-refractivity contribution in [2.75, 3.05) is 0 Å². The molecule has 0 aromatic carbocycles. The third-order valence-corrected chi connectivity index (χ3v) is 7.56. The minimum atomic E-state index is -4.84. The molecule has 1 heterocycles. The van der Waals surface area contributed by atoms with Gasteiger partial charge in [-0.25, -0.2) is 9.48 Å². The molecule has 0 aliphatic heterocycles. The highest BCUT2D eigenvalue weighted by molar-refractivity contribution is 5.95. The molecular formula is C24H32F3N5O4. The molecule has 36 heavy (non-hydrogen) atoms. The van der Waals surface area contributed by atoms with Gasteiger partial charge in [0.2, 0.25) is 5.91 Å². The number of carbonyl (C=O) groups is 3. The van der Waals surface area contributed by atoms with Gasteiger partial charge in [-0.15, -0.1) is 0 Å². The number of nitrogens with two attached hydrogens (primary N) is 1. The van der Waals surface area contributed by atoms with E-state index in [-0.39, 0.29) is 30.2 Å². The van der Waals surface area contributed by atoms with Gasteiger partial charge >= 0.3 is 12.3 Å². The van der Waals surface area contributed by atoms with E-state index < -0.39 is 40.6 Å². The molecule has 198 valence electrons. The second-order valence-electron chi connectivity index (χ2n) is 10.9. The lowest BCUT2D eigenvalue weighted by Crippen LogP contribution is -2.63. The van der Waals surface area contributed by atoms with E-state index in [1.807, 2.05) is 0 Å². The Labute approximate surface area is 207 Å². The van der Waals surface area contributed by atoms with Crippen LogP contribution in [-0.4, -0.2) is 44.9 Å². The van der Waals surface area contributed by atoms with Crippen molar-refractivity contribution in [3.05, 3.63) is 23.5 Å². The predicted octanol–water partition coefficient (Wildman–Crippen LogP) is 3.45. The highest BCUT2D eigenvalue weighted by Crippen LogP contribution is 2.57. The van der Waals surface area contributed by atoms with Crippen LogP contribution in [0.5, 0.6) is 0 Å². The molecule has 4 saturated carbocycles. The van der Waals surface area contributed by atoms with Crippen molar-refractivity contribution in [3.63, 3.8) is 0 Å². The molecule has 3 amide bonds. The van der Waals surface area contributed by atoms with E-state index in [0.717, 1.165) is 31.7 Å². The molecule has 9 nitrogen and oxygen atoms in total. The molecule has 0 saturated heterocycles. The van der Waals surface area contributed by atoms with Crippen molar-refractivity contribution in [2.45, 2.75) is 82.7 Å². The van der Waals surface area contributed by atoms with Crippen LogP contribution in [0, 0.1) is 17.8 Å². The van der Waals surface area contributed by atoms with Gasteiger partial charge in [0.05, 0.1) is 17.3 Å². The van der Waals surface area contributed by atoms with Crippen LogP contribution in [0.1, 0.15) is 75.3 Å². The zero-order valence-corrected chi connectivity index (χ0v) is 20.5. The van der Waals surface area contributed by atoms with Gasteiger partial charge in [0.25, 0.3) is 5.91 Å². The van der Waals surface area contributed by atoms with Crippen LogP contribution in [0.4, 0.5) is 18.0 Å². The standard InChI is InChI=1S/C24H32F3N5O4/c1-4-17(33)31-22(2,3)5-6-32-19(24(25,26)27)16(12-29-32)20(34)30-18-14-7-13-8-15(18)11-23(9-13,10-14)36-21(28)35/h5-6,12-15,18H,4,7-11H2,1-3H3,(H2,28,35)(H,30,34)(H,31,33)/b6-5+/t13?,14?,15?,18-,23-. The Morgan fingerprint density at radius 1 is 1.22 bits per heavy atom. The van der Waals surface area contributed by atoms with Crippen LogP contribution in [-0.2, 0) is 15.7 Å². The Balaban J connectivity index is 1.54. The van der Waals surface area contributed by atoms with Crippen molar-refractivity contribution in [3.8, 4) is 0 Å². The molecule has 2 unspecified atom stereocenters. The molecule has 0 spiro atoms. The number of nitrogens with one attached hydrogen (secondary N) is 2. The average Bonchev–Trinajstić information content (AvgIpc) is 3.18. The first-order valence-corrected chi connectivity index (χ1v) is 12.2. The first-order chi connectivity index (χ1) is 16.7. The Morgan fingerprint density at radius 3 is 2.42 bits per heavy atom. The van der Waals surface area contributed by atoms with Crippen molar-refractivity contribution in [1.82, 2.24) is 20.4 Å². The van der Waals surface area contributed by atoms with E-state index >= 15 is 0 Å². The number of hydrogen-bond donors (Lipinski definition) is 3. The second-order valence-corrected chi connectivity index (χ2v) is 10.9. The maximum absolute atomic E-state index is 14.0. The molecule has 4 aliphatic carbocycles. The summed E-state index contributed by atoms with van der Waals surface area (Å²) in [5.74, 6) is -0.772. The molecule has 4 fully saturated rings. The number of rotatable bonds is 7. The van der Waals surface area contributed by atoms with Crippen LogP contribution < -0.4 is 16.4 Å². The zero-order valence-electron chi connectivity index (χ0n) is 20.5. The fourth-order valence-electron chi connectivity index (χ4n) is 6.42. The van der Waals surface area contributed by atoms with Crippen molar-refractivity contribution >= 4 is 24.1 Å². The first-order valence-electron chi connectivity index (χ1n) is 12.2. The van der Waals surface area contributed by atoms with Crippen LogP contribution in [0.2, 0.25) is 0 Å². The number of ether oxygens (including phenoxy) is 1. The van der Waals surface area contributed by atoms with E-state index in [1.165, 1.54) is 6.08 Å². The molecule has 5 rings (SSSR count). The Bertz CT molecular complexity index is 1060. The number of halogens is 3. The van der Waals surface area contributed by atoms with Crippen LogP contribution in [0.3, 0.4) is 0 Å². The fourth-order valence-corrected chi connectivity index (χ4v) is 6.42. The molecule has 12 heteroatoms. The van der Waals surface area contributed by atoms with Gasteiger partial charge in [-0.3, -0.25) is 9.59 Å². The summed E-state index contributed by atoms with van der Waals surface area (Å²) in [6.07, 6.45) is 1.39. The molecule has 4 aliphatic rings. The van der Waals surface area contributed by atoms with Crippen LogP contribution in [0.25, 0.3) is 6.20 Å². The summed E-state index contributed by atoms with van der Waals surface area (Å²) in [6.45, 7) is 4.95. The lowest BCUT2D eigenvalue weighted by Gasteiger charge is -2.58. The Kier molecular flexibility index (Phi) is 6.59. The quantitative estimate of drug-likeness (QED) is 0.517. The lowest BCUT2D eigenvalue weighted by molar-refractivity contribution is -0.143. The van der Waals surface area contributed by atoms with Crippen LogP contribution >= 0.6 is 0 Å². The van der Waals surface area contributed by atoms with Gasteiger partial charge in [0, 0.05) is 18.7 Å². The summed E-state index contributed by atoms with van der Waals surface area (Å²) in [7, 11) is 0. The molecular weight excluding hydrogens is 479 g/mol. The molecule has 0 radical (unpaired) electrons. The lowest BCUT2D eigenvalue weighted by atomic mass is 9.52. The molecule has 2 atom stereocenters. The second kappa shape index (κ2) is 9.11. The third-order valence-electron chi connectivity index (χ3n) is 7.56. The number of carbonyl (C=O) groups excluding carboxylic acids is 3. The molecule has 4 N–H and O–H groups in total. The van der Waals surface area contributed by atoms with E-state index in [9.17, 15) is 27.6 Å². The summed E-state index contributed by atoms with van der Waals surface area (Å²) in [6, 6.07) is -0.318. The summed E-state index contributed by atoms with van der Waals surface area (Å²) in [4.78, 5) is 36.2. The van der Waals surface area contributed by atoms with Gasteiger partial charge in [0.15, 0.2) is 5.69 Å². The van der Waals surface area contributed by atoms with Crippen molar-refractivity contribution in [2.24, 2.45) is 23.5 Å². The van der Waals surface area contributed by atoms with Gasteiger partial charge in [0.1, 0.15) is 5.60 Å². The van der Waals surface area contributed by atoms with Crippen LogP contribution in [0.15, 0.2) is 12.3 Å². The number of amides is 3. The number of nitrogens with zero attached hydrogens (tertiary/aromatic N) is 2. The summed E-state index contributed by atoms with van der Waals surface area (Å²) < 4.78 is 48.1. The monoisotopic (exact) mass is 511 g/mol. The summed E-state index contributed by atoms with van der Waals surface area (Å²) in [5, 5.41) is 9.33. The molecule has 4 bridgehead atoms. The maximum Gasteiger partial charge on any atom is 0.434 e. The van der Waals surface area contributed by atoms with E-state index in [0.29, 0.717) is 23.4 Å². The molecule has 1 aromatic heterocycles.